The fourth-order valence-electron chi connectivity index (χ4n) is 2.79. The predicted octanol–water partition coefficient (Wildman–Crippen LogP) is 3.93. The predicted molar refractivity (Wildman–Crippen MR) is 128 cm³/mol. The van der Waals surface area contributed by atoms with Gasteiger partial charge in [0.2, 0.25) is 0 Å². The standard InChI is InChI=1S/C26H27N3O4/c1-2-16-32-23-14-10-22(11-15-23)26(31)27-18-25(30)29-28-17-20-8-12-24(13-9-20)33-19-21-6-4-3-5-7-21/h3-15,17H,2,16,18-19H2,1H3,(H,27,31)(H,29,30)/b28-17+. The molecule has 7 nitrogen and oxygen atoms in total. The first-order chi connectivity index (χ1) is 16.1. The van der Waals surface area contributed by atoms with Crippen molar-refractivity contribution in [1.82, 2.24) is 10.7 Å². The molecule has 0 saturated heterocycles. The molecule has 3 aromatic carbocycles. The molecule has 7 heteroatoms. The number of ether oxygens (including phenoxy) is 2. The van der Waals surface area contributed by atoms with Gasteiger partial charge in [0.15, 0.2) is 0 Å². The van der Waals surface area contributed by atoms with E-state index < -0.39 is 5.91 Å². The van der Waals surface area contributed by atoms with Crippen LogP contribution in [0.15, 0.2) is 84.0 Å². The second kappa shape index (κ2) is 12.7. The maximum absolute atomic E-state index is 12.2. The highest BCUT2D eigenvalue weighted by Gasteiger charge is 2.08. The number of carbonyl (C=O) groups excluding carboxylic acids is 2. The van der Waals surface area contributed by atoms with Gasteiger partial charge in [-0.2, -0.15) is 5.10 Å². The number of nitrogens with one attached hydrogen (secondary N) is 2. The van der Waals surface area contributed by atoms with E-state index in [4.69, 9.17) is 9.47 Å². The van der Waals surface area contributed by atoms with Crippen LogP contribution >= 0.6 is 0 Å². The minimum absolute atomic E-state index is 0.184. The van der Waals surface area contributed by atoms with E-state index in [1.807, 2.05) is 61.5 Å². The van der Waals surface area contributed by atoms with Crippen molar-refractivity contribution < 1.29 is 19.1 Å². The van der Waals surface area contributed by atoms with Crippen LogP contribution in [-0.4, -0.2) is 31.2 Å². The minimum atomic E-state index is -0.426. The summed E-state index contributed by atoms with van der Waals surface area (Å²) in [5.41, 5.74) is 4.74. The Kier molecular flexibility index (Phi) is 9.03. The lowest BCUT2D eigenvalue weighted by Crippen LogP contribution is -2.34. The molecular formula is C26H27N3O4. The average molecular weight is 446 g/mol. The second-order valence-electron chi connectivity index (χ2n) is 7.19. The van der Waals surface area contributed by atoms with Crippen LogP contribution in [0.25, 0.3) is 0 Å². The Hall–Kier alpha value is -4.13. The van der Waals surface area contributed by atoms with Crippen molar-refractivity contribution in [1.29, 1.82) is 0 Å². The number of hydrogen-bond acceptors (Lipinski definition) is 5. The Bertz CT molecular complexity index is 1050. The molecule has 33 heavy (non-hydrogen) atoms. The Balaban J connectivity index is 1.38. The Morgan fingerprint density at radius 1 is 0.879 bits per heavy atom. The summed E-state index contributed by atoms with van der Waals surface area (Å²) in [6.45, 7) is 2.96. The van der Waals surface area contributed by atoms with Crippen LogP contribution in [0.5, 0.6) is 11.5 Å². The van der Waals surface area contributed by atoms with Gasteiger partial charge in [-0.3, -0.25) is 9.59 Å². The molecule has 2 amide bonds. The topological polar surface area (TPSA) is 89.0 Å². The molecule has 0 saturated carbocycles. The lowest BCUT2D eigenvalue weighted by molar-refractivity contribution is -0.120. The van der Waals surface area contributed by atoms with Crippen molar-refractivity contribution in [2.75, 3.05) is 13.2 Å². The Morgan fingerprint density at radius 2 is 1.55 bits per heavy atom. The molecular weight excluding hydrogens is 418 g/mol. The van der Waals surface area contributed by atoms with Gasteiger partial charge in [-0.1, -0.05) is 37.3 Å². The van der Waals surface area contributed by atoms with Crippen LogP contribution in [0.2, 0.25) is 0 Å². The normalized spacial score (nSPS) is 10.6. The number of rotatable bonds is 11. The molecule has 0 aromatic heterocycles. The Morgan fingerprint density at radius 3 is 2.24 bits per heavy atom. The van der Waals surface area contributed by atoms with Gasteiger partial charge in [0.05, 0.1) is 19.4 Å². The molecule has 3 rings (SSSR count). The molecule has 2 N–H and O–H groups in total. The van der Waals surface area contributed by atoms with Crippen molar-refractivity contribution in [3.05, 3.63) is 95.6 Å². The Labute approximate surface area is 193 Å². The maximum atomic E-state index is 12.2. The molecule has 0 radical (unpaired) electrons. The molecule has 0 aliphatic carbocycles. The molecule has 0 atom stereocenters. The number of amides is 2. The first kappa shape index (κ1) is 23.5. The van der Waals surface area contributed by atoms with Gasteiger partial charge in [0.1, 0.15) is 18.1 Å². The number of hydrogen-bond donors (Lipinski definition) is 2. The zero-order chi connectivity index (χ0) is 23.3. The van der Waals surface area contributed by atoms with Crippen molar-refractivity contribution in [2.45, 2.75) is 20.0 Å². The minimum Gasteiger partial charge on any atom is -0.494 e. The van der Waals surface area contributed by atoms with Gasteiger partial charge < -0.3 is 14.8 Å². The van der Waals surface area contributed by atoms with E-state index in [2.05, 4.69) is 15.8 Å². The zero-order valence-electron chi connectivity index (χ0n) is 18.5. The summed E-state index contributed by atoms with van der Waals surface area (Å²) in [7, 11) is 0. The molecule has 0 aliphatic rings. The summed E-state index contributed by atoms with van der Waals surface area (Å²) in [6, 6.07) is 24.0. The molecule has 0 aliphatic heterocycles. The molecule has 3 aromatic rings. The van der Waals surface area contributed by atoms with Crippen LogP contribution in [0.4, 0.5) is 0 Å². The van der Waals surface area contributed by atoms with E-state index in [9.17, 15) is 9.59 Å². The SMILES string of the molecule is CCCOc1ccc(C(=O)NCC(=O)N/N=C/c2ccc(OCc3ccccc3)cc2)cc1. The van der Waals surface area contributed by atoms with E-state index in [1.54, 1.807) is 24.3 Å². The van der Waals surface area contributed by atoms with Crippen LogP contribution < -0.4 is 20.2 Å². The molecule has 0 unspecified atom stereocenters. The third kappa shape index (κ3) is 8.14. The second-order valence-corrected chi connectivity index (χ2v) is 7.19. The van der Waals surface area contributed by atoms with E-state index in [0.29, 0.717) is 24.5 Å². The quantitative estimate of drug-likeness (QED) is 0.346. The van der Waals surface area contributed by atoms with E-state index >= 15 is 0 Å². The largest absolute Gasteiger partial charge is 0.494 e. The highest BCUT2D eigenvalue weighted by Crippen LogP contribution is 2.14. The fourth-order valence-corrected chi connectivity index (χ4v) is 2.79. The molecule has 170 valence electrons. The van der Waals surface area contributed by atoms with Gasteiger partial charge in [-0.05, 0) is 66.1 Å². The third-order valence-corrected chi connectivity index (χ3v) is 4.53. The summed E-state index contributed by atoms with van der Waals surface area (Å²) in [4.78, 5) is 24.1. The fraction of sp³-hybridized carbons (Fsp3) is 0.192. The third-order valence-electron chi connectivity index (χ3n) is 4.53. The summed E-state index contributed by atoms with van der Waals surface area (Å²) in [5, 5.41) is 6.49. The van der Waals surface area contributed by atoms with Gasteiger partial charge in [0.25, 0.3) is 11.8 Å². The first-order valence-corrected chi connectivity index (χ1v) is 10.7. The smallest absolute Gasteiger partial charge is 0.259 e. The molecule has 0 bridgehead atoms. The van der Waals surface area contributed by atoms with Crippen molar-refractivity contribution >= 4 is 18.0 Å². The summed E-state index contributed by atoms with van der Waals surface area (Å²) >= 11 is 0. The maximum Gasteiger partial charge on any atom is 0.259 e. The van der Waals surface area contributed by atoms with Crippen LogP contribution in [0, 0.1) is 0 Å². The zero-order valence-corrected chi connectivity index (χ0v) is 18.5. The van der Waals surface area contributed by atoms with Gasteiger partial charge in [0, 0.05) is 5.56 Å². The average Bonchev–Trinajstić information content (AvgIpc) is 2.86. The van der Waals surface area contributed by atoms with Gasteiger partial charge >= 0.3 is 0 Å². The highest BCUT2D eigenvalue weighted by molar-refractivity contribution is 5.96. The van der Waals surface area contributed by atoms with Gasteiger partial charge in [-0.25, -0.2) is 5.43 Å². The lowest BCUT2D eigenvalue weighted by atomic mass is 10.2. The summed E-state index contributed by atoms with van der Waals surface area (Å²) < 4.78 is 11.2. The summed E-state index contributed by atoms with van der Waals surface area (Å²) in [5.74, 6) is 0.677. The monoisotopic (exact) mass is 445 g/mol. The van der Waals surface area contributed by atoms with E-state index in [-0.39, 0.29) is 12.5 Å². The molecule has 0 spiro atoms. The number of hydrazone groups is 1. The van der Waals surface area contributed by atoms with Gasteiger partial charge in [-0.15, -0.1) is 0 Å². The number of benzene rings is 3. The first-order valence-electron chi connectivity index (χ1n) is 10.7. The summed E-state index contributed by atoms with van der Waals surface area (Å²) in [6.07, 6.45) is 2.43. The highest BCUT2D eigenvalue weighted by atomic mass is 16.5. The van der Waals surface area contributed by atoms with E-state index in [1.165, 1.54) is 6.21 Å². The van der Waals surface area contributed by atoms with Crippen LogP contribution in [0.1, 0.15) is 34.8 Å². The van der Waals surface area contributed by atoms with Crippen molar-refractivity contribution in [3.63, 3.8) is 0 Å². The van der Waals surface area contributed by atoms with Crippen LogP contribution in [0.3, 0.4) is 0 Å². The molecule has 0 heterocycles. The van der Waals surface area contributed by atoms with Crippen molar-refractivity contribution in [3.8, 4) is 11.5 Å². The van der Waals surface area contributed by atoms with E-state index in [0.717, 1.165) is 23.3 Å². The number of carbonyl (C=O) groups is 2. The number of nitrogens with zero attached hydrogens (tertiary/aromatic N) is 1. The van der Waals surface area contributed by atoms with Crippen LogP contribution in [-0.2, 0) is 11.4 Å². The van der Waals surface area contributed by atoms with Crippen molar-refractivity contribution in [2.24, 2.45) is 5.10 Å². The molecule has 0 fully saturated rings. The lowest BCUT2D eigenvalue weighted by Gasteiger charge is -2.07.